The molecule has 0 spiro atoms. The molecule has 0 unspecified atom stereocenters. The number of nitriles is 1. The van der Waals surface area contributed by atoms with Gasteiger partial charge >= 0.3 is 5.97 Å². The van der Waals surface area contributed by atoms with Gasteiger partial charge in [-0.3, -0.25) is 4.79 Å². The van der Waals surface area contributed by atoms with Crippen molar-refractivity contribution < 1.29 is 14.6 Å². The number of carboxylic acids is 1. The van der Waals surface area contributed by atoms with Gasteiger partial charge in [0.15, 0.2) is 0 Å². The average molecular weight is 448 g/mol. The summed E-state index contributed by atoms with van der Waals surface area (Å²) in [6.07, 6.45) is 4.24. The van der Waals surface area contributed by atoms with E-state index in [4.69, 9.17) is 10.00 Å². The third-order valence-corrected chi connectivity index (χ3v) is 6.96. The first-order valence-electron chi connectivity index (χ1n) is 11.9. The predicted molar refractivity (Wildman–Crippen MR) is 130 cm³/mol. The van der Waals surface area contributed by atoms with Gasteiger partial charge in [-0.05, 0) is 73.6 Å². The quantitative estimate of drug-likeness (QED) is 0.560. The van der Waals surface area contributed by atoms with Gasteiger partial charge in [0.05, 0.1) is 28.4 Å². The Balaban J connectivity index is 1.76. The zero-order valence-electron chi connectivity index (χ0n) is 19.5. The van der Waals surface area contributed by atoms with Crippen molar-refractivity contribution in [3.63, 3.8) is 0 Å². The summed E-state index contributed by atoms with van der Waals surface area (Å²) < 4.78 is 5.62. The fourth-order valence-electron chi connectivity index (χ4n) is 4.96. The molecule has 174 valence electrons. The average Bonchev–Trinajstić information content (AvgIpc) is 2.78. The maximum atomic E-state index is 12.2. The summed E-state index contributed by atoms with van der Waals surface area (Å²) in [5, 5.41) is 22.7. The van der Waals surface area contributed by atoms with Crippen LogP contribution in [-0.4, -0.2) is 36.9 Å². The second kappa shape index (κ2) is 9.84. The molecule has 1 saturated carbocycles. The number of nitrogens with one attached hydrogen (secondary N) is 1. The highest BCUT2D eigenvalue weighted by Crippen LogP contribution is 2.46. The zero-order valence-corrected chi connectivity index (χ0v) is 19.5. The first kappa shape index (κ1) is 23.1. The van der Waals surface area contributed by atoms with Crippen LogP contribution in [0, 0.1) is 17.2 Å². The summed E-state index contributed by atoms with van der Waals surface area (Å²) in [5.41, 5.74) is 3.55. The fourth-order valence-corrected chi connectivity index (χ4v) is 4.96. The van der Waals surface area contributed by atoms with Crippen molar-refractivity contribution in [2.45, 2.75) is 57.4 Å². The van der Waals surface area contributed by atoms with Gasteiger partial charge in [0.2, 0.25) is 0 Å². The Morgan fingerprint density at radius 2 is 1.91 bits per heavy atom. The molecular weight excluding hydrogens is 414 g/mol. The third-order valence-electron chi connectivity index (χ3n) is 6.96. The van der Waals surface area contributed by atoms with Crippen molar-refractivity contribution in [2.24, 2.45) is 5.92 Å². The SMILES string of the molecule is CC(C)CN(c1ccc(C2(C(=O)O)CCC2)cc1Nc1ccc(C#N)cc1)C1CCOCC1. The molecule has 0 bridgehead atoms. The monoisotopic (exact) mass is 447 g/mol. The molecule has 0 amide bonds. The van der Waals surface area contributed by atoms with Crippen LogP contribution in [-0.2, 0) is 14.9 Å². The van der Waals surface area contributed by atoms with E-state index in [2.05, 4.69) is 36.2 Å². The molecule has 2 N–H and O–H groups in total. The van der Waals surface area contributed by atoms with Gasteiger partial charge in [-0.2, -0.15) is 5.26 Å². The second-order valence-corrected chi connectivity index (χ2v) is 9.68. The molecule has 1 saturated heterocycles. The van der Waals surface area contributed by atoms with E-state index in [-0.39, 0.29) is 0 Å². The zero-order chi connectivity index (χ0) is 23.4. The van der Waals surface area contributed by atoms with E-state index >= 15 is 0 Å². The fraction of sp³-hybridized carbons (Fsp3) is 0.481. The summed E-state index contributed by atoms with van der Waals surface area (Å²) in [6.45, 7) is 6.89. The molecule has 0 radical (unpaired) electrons. The molecule has 33 heavy (non-hydrogen) atoms. The van der Waals surface area contributed by atoms with E-state index in [9.17, 15) is 9.90 Å². The number of benzene rings is 2. The molecule has 2 aromatic carbocycles. The summed E-state index contributed by atoms with van der Waals surface area (Å²) in [4.78, 5) is 14.6. The molecule has 1 heterocycles. The predicted octanol–water partition coefficient (Wildman–Crippen LogP) is 5.45. The summed E-state index contributed by atoms with van der Waals surface area (Å²) in [5.74, 6) is -0.262. The molecule has 0 aromatic heterocycles. The molecule has 2 aromatic rings. The van der Waals surface area contributed by atoms with Crippen molar-refractivity contribution in [1.29, 1.82) is 5.26 Å². The molecule has 6 heteroatoms. The lowest BCUT2D eigenvalue weighted by Gasteiger charge is -2.41. The number of hydrogen-bond donors (Lipinski definition) is 2. The number of ether oxygens (including phenoxy) is 1. The number of aliphatic carboxylic acids is 1. The molecule has 1 aliphatic heterocycles. The number of anilines is 3. The highest BCUT2D eigenvalue weighted by atomic mass is 16.5. The van der Waals surface area contributed by atoms with E-state index in [1.807, 2.05) is 24.3 Å². The van der Waals surface area contributed by atoms with Crippen LogP contribution in [0.3, 0.4) is 0 Å². The smallest absolute Gasteiger partial charge is 0.314 e. The molecule has 6 nitrogen and oxygen atoms in total. The summed E-state index contributed by atoms with van der Waals surface area (Å²) in [7, 11) is 0. The second-order valence-electron chi connectivity index (χ2n) is 9.68. The van der Waals surface area contributed by atoms with Gasteiger partial charge in [-0.1, -0.05) is 26.3 Å². The van der Waals surface area contributed by atoms with Crippen molar-refractivity contribution in [3.8, 4) is 6.07 Å². The lowest BCUT2D eigenvalue weighted by Crippen LogP contribution is -2.43. The molecular formula is C27H33N3O3. The van der Waals surface area contributed by atoms with E-state index in [0.717, 1.165) is 61.6 Å². The standard InChI is InChI=1S/C27H33N3O3/c1-19(2)18-30(23-10-14-33-15-11-23)25-9-6-21(27(26(31)32)12-3-13-27)16-24(25)29-22-7-4-20(17-28)5-8-22/h4-9,16,19,23,29H,3,10-15,18H2,1-2H3,(H,31,32). The van der Waals surface area contributed by atoms with Gasteiger partial charge in [-0.15, -0.1) is 0 Å². The third kappa shape index (κ3) is 4.84. The van der Waals surface area contributed by atoms with Crippen molar-refractivity contribution >= 4 is 23.0 Å². The van der Waals surface area contributed by atoms with Crippen LogP contribution in [0.25, 0.3) is 0 Å². The number of hydrogen-bond acceptors (Lipinski definition) is 5. The first-order chi connectivity index (χ1) is 15.9. The Hall–Kier alpha value is -3.04. The molecule has 2 fully saturated rings. The van der Waals surface area contributed by atoms with E-state index in [0.29, 0.717) is 30.4 Å². The first-order valence-corrected chi connectivity index (χ1v) is 11.9. The van der Waals surface area contributed by atoms with Crippen LogP contribution in [0.5, 0.6) is 0 Å². The normalized spacial score (nSPS) is 17.8. The summed E-state index contributed by atoms with van der Waals surface area (Å²) >= 11 is 0. The Morgan fingerprint density at radius 1 is 1.21 bits per heavy atom. The van der Waals surface area contributed by atoms with Crippen LogP contribution >= 0.6 is 0 Å². The van der Waals surface area contributed by atoms with Crippen LogP contribution in [0.2, 0.25) is 0 Å². The van der Waals surface area contributed by atoms with E-state index < -0.39 is 11.4 Å². The molecule has 4 rings (SSSR count). The number of carboxylic acid groups (broad SMARTS) is 1. The topological polar surface area (TPSA) is 85.6 Å². The number of nitrogens with zero attached hydrogens (tertiary/aromatic N) is 2. The van der Waals surface area contributed by atoms with Crippen LogP contribution in [0.4, 0.5) is 17.1 Å². The highest BCUT2D eigenvalue weighted by Gasteiger charge is 2.46. The lowest BCUT2D eigenvalue weighted by atomic mass is 9.64. The van der Waals surface area contributed by atoms with Crippen LogP contribution in [0.1, 0.15) is 57.1 Å². The van der Waals surface area contributed by atoms with E-state index in [1.54, 1.807) is 12.1 Å². The van der Waals surface area contributed by atoms with Gasteiger partial charge in [0, 0.05) is 31.5 Å². The minimum atomic E-state index is -0.790. The largest absolute Gasteiger partial charge is 0.481 e. The maximum absolute atomic E-state index is 12.2. The van der Waals surface area contributed by atoms with Crippen molar-refractivity contribution in [2.75, 3.05) is 30.0 Å². The maximum Gasteiger partial charge on any atom is 0.314 e. The Kier molecular flexibility index (Phi) is 6.90. The highest BCUT2D eigenvalue weighted by molar-refractivity contribution is 5.85. The minimum absolute atomic E-state index is 0.380. The van der Waals surface area contributed by atoms with Crippen molar-refractivity contribution in [3.05, 3.63) is 53.6 Å². The van der Waals surface area contributed by atoms with E-state index in [1.165, 1.54) is 0 Å². The van der Waals surface area contributed by atoms with Gasteiger partial charge in [-0.25, -0.2) is 0 Å². The minimum Gasteiger partial charge on any atom is -0.481 e. The summed E-state index contributed by atoms with van der Waals surface area (Å²) in [6, 6.07) is 16.1. The van der Waals surface area contributed by atoms with Crippen LogP contribution < -0.4 is 10.2 Å². The van der Waals surface area contributed by atoms with Crippen molar-refractivity contribution in [1.82, 2.24) is 0 Å². The number of rotatable bonds is 8. The molecule has 1 aliphatic carbocycles. The van der Waals surface area contributed by atoms with Gasteiger partial charge in [0.1, 0.15) is 0 Å². The Labute approximate surface area is 196 Å². The Morgan fingerprint density at radius 3 is 2.45 bits per heavy atom. The Bertz CT molecular complexity index is 1020. The molecule has 2 aliphatic rings. The molecule has 0 atom stereocenters. The number of carbonyl (C=O) groups is 1. The van der Waals surface area contributed by atoms with Gasteiger partial charge < -0.3 is 20.1 Å². The van der Waals surface area contributed by atoms with Crippen LogP contribution in [0.15, 0.2) is 42.5 Å². The lowest BCUT2D eigenvalue weighted by molar-refractivity contribution is -0.147. The van der Waals surface area contributed by atoms with Gasteiger partial charge in [0.25, 0.3) is 0 Å².